The van der Waals surface area contributed by atoms with Gasteiger partial charge in [-0.15, -0.1) is 39.6 Å². The van der Waals surface area contributed by atoms with Gasteiger partial charge in [0.1, 0.15) is 6.15 Å². The van der Waals surface area contributed by atoms with Crippen LogP contribution in [-0.2, 0) is 0 Å². The maximum Gasteiger partial charge on any atom is 1.00 e. The Morgan fingerprint density at radius 1 is 0.920 bits per heavy atom. The monoisotopic (exact) mass is 402 g/mol. The van der Waals surface area contributed by atoms with Crippen LogP contribution < -0.4 is 18.9 Å². The Morgan fingerprint density at radius 3 is 1.80 bits per heavy atom. The molecular formula is C22H41BBrLi. The summed E-state index contributed by atoms with van der Waals surface area (Å²) in [4.78, 5) is 0. The molecule has 0 saturated carbocycles. The summed E-state index contributed by atoms with van der Waals surface area (Å²) in [5.74, 6) is 9.88. The molecule has 0 N–H and O–H groups in total. The topological polar surface area (TPSA) is 0 Å². The molecule has 0 amide bonds. The first kappa shape index (κ1) is 27.7. The predicted molar refractivity (Wildman–Crippen MR) is 118 cm³/mol. The summed E-state index contributed by atoms with van der Waals surface area (Å²) in [5.41, 5.74) is 0. The molecular weight excluding hydrogens is 362 g/mol. The van der Waals surface area contributed by atoms with Gasteiger partial charge in [-0.2, -0.15) is 4.38 Å². The number of hydrogen-bond donors (Lipinski definition) is 0. The van der Waals surface area contributed by atoms with Crippen molar-refractivity contribution in [2.24, 2.45) is 11.8 Å². The van der Waals surface area contributed by atoms with Crippen molar-refractivity contribution < 1.29 is 18.9 Å². The van der Waals surface area contributed by atoms with Crippen molar-refractivity contribution in [2.75, 3.05) is 0 Å². The minimum Gasteiger partial charge on any atom is -0.308 e. The van der Waals surface area contributed by atoms with Gasteiger partial charge in [-0.1, -0.05) is 86.5 Å². The van der Waals surface area contributed by atoms with E-state index in [4.69, 9.17) is 0 Å². The molecule has 140 valence electrons. The van der Waals surface area contributed by atoms with Crippen LogP contribution in [0.25, 0.3) is 0 Å². The number of allylic oxidation sites excluding steroid dienone is 1. The summed E-state index contributed by atoms with van der Waals surface area (Å²) in [5, 5.41) is 0. The van der Waals surface area contributed by atoms with E-state index in [0.717, 1.165) is 12.8 Å². The first-order valence-electron chi connectivity index (χ1n) is 10.3. The molecule has 25 heavy (non-hydrogen) atoms. The fourth-order valence-corrected chi connectivity index (χ4v) is 4.85. The van der Waals surface area contributed by atoms with E-state index < -0.39 is 6.15 Å². The van der Waals surface area contributed by atoms with Gasteiger partial charge in [-0.05, 0) is 12.8 Å². The van der Waals surface area contributed by atoms with Crippen LogP contribution in [0.1, 0.15) is 93.9 Å². The van der Waals surface area contributed by atoms with Crippen LogP contribution >= 0.6 is 15.9 Å². The normalized spacial score (nSPS) is 16.7. The molecule has 3 heteroatoms. The third kappa shape index (κ3) is 8.33. The van der Waals surface area contributed by atoms with Gasteiger partial charge < -0.3 is 5.82 Å². The van der Waals surface area contributed by atoms with Crippen molar-refractivity contribution in [2.45, 2.75) is 106 Å². The smallest absolute Gasteiger partial charge is 0.308 e. The van der Waals surface area contributed by atoms with Crippen LogP contribution in [0.5, 0.6) is 0 Å². The molecule has 0 aromatic carbocycles. The summed E-state index contributed by atoms with van der Waals surface area (Å²) in [6.07, 6.45) is 8.68. The van der Waals surface area contributed by atoms with Crippen LogP contribution in [-0.4, -0.2) is 6.15 Å². The molecule has 0 rings (SSSR count). The number of halogens is 1. The van der Waals surface area contributed by atoms with Gasteiger partial charge in [0.15, 0.2) is 0 Å². The number of hydrogen-bond acceptors (Lipinski definition) is 0. The zero-order valence-electron chi connectivity index (χ0n) is 18.6. The van der Waals surface area contributed by atoms with Gasteiger partial charge in [0.25, 0.3) is 0 Å². The Balaban J connectivity index is 0. The van der Waals surface area contributed by atoms with E-state index in [1.807, 2.05) is 0 Å². The second kappa shape index (κ2) is 14.5. The molecule has 0 spiro atoms. The van der Waals surface area contributed by atoms with Crippen LogP contribution in [0.15, 0.2) is 10.5 Å². The van der Waals surface area contributed by atoms with Gasteiger partial charge in [-0.25, -0.2) is 0 Å². The van der Waals surface area contributed by atoms with E-state index in [-0.39, 0.29) is 18.9 Å². The standard InChI is InChI=1S/C22H41BBr.Li/c1-9-11-13-15-17-23(20(7)18(3)4,21(8)19(5)6)22(24)16-14-12-10-2;/h16,18-21H,9-14H2,1-8H3;/q-1;+1/b22-16-;. The minimum atomic E-state index is -0.898. The summed E-state index contributed by atoms with van der Waals surface area (Å²) < 4.78 is 1.39. The minimum absolute atomic E-state index is 0. The Labute approximate surface area is 180 Å². The molecule has 0 heterocycles. The first-order chi connectivity index (χ1) is 11.3. The Bertz CT molecular complexity index is 417. The van der Waals surface area contributed by atoms with Crippen molar-refractivity contribution in [1.29, 1.82) is 0 Å². The zero-order chi connectivity index (χ0) is 18.8. The molecule has 0 aliphatic rings. The van der Waals surface area contributed by atoms with Crippen molar-refractivity contribution in [3.05, 3.63) is 10.5 Å². The maximum absolute atomic E-state index is 4.03. The van der Waals surface area contributed by atoms with Crippen LogP contribution in [0.2, 0.25) is 11.6 Å². The van der Waals surface area contributed by atoms with Crippen molar-refractivity contribution in [3.63, 3.8) is 0 Å². The Kier molecular flexibility index (Phi) is 16.0. The van der Waals surface area contributed by atoms with E-state index >= 15 is 0 Å². The summed E-state index contributed by atoms with van der Waals surface area (Å²) in [7, 11) is 0. The average Bonchev–Trinajstić information content (AvgIpc) is 2.54. The van der Waals surface area contributed by atoms with Crippen molar-refractivity contribution in [3.8, 4) is 11.7 Å². The van der Waals surface area contributed by atoms with E-state index in [9.17, 15) is 0 Å². The fourth-order valence-electron chi connectivity index (χ4n) is 3.67. The SMILES string of the molecule is CCCCC#C[B-](/C(Br)=C/CCCC)(C(C)C(C)C)C(C)C(C)C.[Li+]. The second-order valence-electron chi connectivity index (χ2n) is 8.37. The molecule has 0 aliphatic carbocycles. The van der Waals surface area contributed by atoms with Crippen LogP contribution in [0.4, 0.5) is 0 Å². The molecule has 0 saturated heterocycles. The third-order valence-electron chi connectivity index (χ3n) is 6.11. The Morgan fingerprint density at radius 2 is 1.40 bits per heavy atom. The second-order valence-corrected chi connectivity index (χ2v) is 9.28. The molecule has 0 radical (unpaired) electrons. The van der Waals surface area contributed by atoms with E-state index in [1.54, 1.807) is 0 Å². The molecule has 0 aromatic rings. The molecule has 2 unspecified atom stereocenters. The van der Waals surface area contributed by atoms with E-state index in [0.29, 0.717) is 23.5 Å². The fraction of sp³-hybridized carbons (Fsp3) is 0.818. The molecule has 0 fully saturated rings. The molecule has 0 nitrogen and oxygen atoms in total. The average molecular weight is 403 g/mol. The molecule has 0 aromatic heterocycles. The van der Waals surface area contributed by atoms with Crippen molar-refractivity contribution in [1.82, 2.24) is 0 Å². The zero-order valence-corrected chi connectivity index (χ0v) is 20.2. The summed E-state index contributed by atoms with van der Waals surface area (Å²) >= 11 is 4.03. The quantitative estimate of drug-likeness (QED) is 0.265. The maximum atomic E-state index is 4.03. The summed E-state index contributed by atoms with van der Waals surface area (Å²) in [6, 6.07) is 0. The molecule has 2 atom stereocenters. The van der Waals surface area contributed by atoms with Gasteiger partial charge in [0.2, 0.25) is 0 Å². The van der Waals surface area contributed by atoms with E-state index in [1.165, 1.54) is 30.1 Å². The summed E-state index contributed by atoms with van der Waals surface area (Å²) in [6.45, 7) is 18.8. The largest absolute Gasteiger partial charge is 1.00 e. The van der Waals surface area contributed by atoms with Gasteiger partial charge in [0, 0.05) is 6.42 Å². The first-order valence-corrected chi connectivity index (χ1v) is 11.1. The van der Waals surface area contributed by atoms with Crippen LogP contribution in [0, 0.1) is 23.6 Å². The molecule has 0 aliphatic heterocycles. The van der Waals surface area contributed by atoms with Gasteiger partial charge >= 0.3 is 18.9 Å². The molecule has 0 bridgehead atoms. The van der Waals surface area contributed by atoms with Gasteiger partial charge in [-0.3, -0.25) is 0 Å². The van der Waals surface area contributed by atoms with Crippen molar-refractivity contribution >= 4 is 22.1 Å². The van der Waals surface area contributed by atoms with Crippen LogP contribution in [0.3, 0.4) is 0 Å². The van der Waals surface area contributed by atoms with Gasteiger partial charge in [0.05, 0.1) is 0 Å². The predicted octanol–water partition coefficient (Wildman–Crippen LogP) is 5.27. The van der Waals surface area contributed by atoms with E-state index in [2.05, 4.69) is 89.1 Å². The Hall–Kier alpha value is 0.442. The number of rotatable bonds is 10. The third-order valence-corrected chi connectivity index (χ3v) is 7.19. The number of unbranched alkanes of at least 4 members (excludes halogenated alkanes) is 4.